The Balaban J connectivity index is 1.69. The first-order valence-corrected chi connectivity index (χ1v) is 9.85. The maximum Gasteiger partial charge on any atom is 0.240 e. The molecule has 2 N–H and O–H groups in total. The minimum atomic E-state index is -3.50. The third-order valence-electron chi connectivity index (χ3n) is 4.70. The van der Waals surface area contributed by atoms with E-state index >= 15 is 0 Å². The molecule has 2 aromatic rings. The van der Waals surface area contributed by atoms with Crippen molar-refractivity contribution >= 4 is 10.0 Å². The quantitative estimate of drug-likeness (QED) is 0.875. The highest BCUT2D eigenvalue weighted by atomic mass is 32.2. The molecule has 4 nitrogen and oxygen atoms in total. The zero-order valence-corrected chi connectivity index (χ0v) is 14.4. The van der Waals surface area contributed by atoms with Crippen LogP contribution in [-0.2, 0) is 10.0 Å². The largest absolute Gasteiger partial charge is 0.396 e. The van der Waals surface area contributed by atoms with E-state index < -0.39 is 10.0 Å². The number of nitrogens with one attached hydrogen (secondary N) is 1. The van der Waals surface area contributed by atoms with E-state index in [0.717, 1.165) is 36.8 Å². The van der Waals surface area contributed by atoms with Gasteiger partial charge in [-0.2, -0.15) is 0 Å². The molecule has 1 aliphatic rings. The number of hydrogen-bond acceptors (Lipinski definition) is 3. The van der Waals surface area contributed by atoms with E-state index in [1.807, 2.05) is 42.5 Å². The Kier molecular flexibility index (Phi) is 5.33. The highest BCUT2D eigenvalue weighted by molar-refractivity contribution is 7.89. The van der Waals surface area contributed by atoms with Gasteiger partial charge in [-0.1, -0.05) is 42.5 Å². The lowest BCUT2D eigenvalue weighted by Gasteiger charge is -2.27. The minimum absolute atomic E-state index is 0.0356. The van der Waals surface area contributed by atoms with Gasteiger partial charge in [0.1, 0.15) is 0 Å². The number of benzene rings is 2. The van der Waals surface area contributed by atoms with Crippen molar-refractivity contribution in [2.24, 2.45) is 5.92 Å². The number of aliphatic hydroxyl groups excluding tert-OH is 1. The lowest BCUT2D eigenvalue weighted by Crippen LogP contribution is -2.38. The molecule has 0 amide bonds. The van der Waals surface area contributed by atoms with Gasteiger partial charge in [0, 0.05) is 12.6 Å². The lowest BCUT2D eigenvalue weighted by molar-refractivity contribution is 0.180. The molecule has 0 unspecified atom stereocenters. The van der Waals surface area contributed by atoms with Crippen LogP contribution >= 0.6 is 0 Å². The number of sulfonamides is 1. The number of aliphatic hydroxyl groups is 1. The molecule has 128 valence electrons. The molecular formula is C19H23NO3S. The molecule has 1 fully saturated rings. The molecule has 0 bridgehead atoms. The Bertz CT molecular complexity index is 749. The molecule has 0 heterocycles. The van der Waals surface area contributed by atoms with E-state index in [9.17, 15) is 8.42 Å². The van der Waals surface area contributed by atoms with E-state index in [0.29, 0.717) is 10.8 Å². The summed E-state index contributed by atoms with van der Waals surface area (Å²) in [6, 6.07) is 16.8. The van der Waals surface area contributed by atoms with Gasteiger partial charge in [-0.15, -0.1) is 0 Å². The highest BCUT2D eigenvalue weighted by Crippen LogP contribution is 2.26. The van der Waals surface area contributed by atoms with Crippen LogP contribution in [0.15, 0.2) is 59.5 Å². The third-order valence-corrected chi connectivity index (χ3v) is 6.23. The summed E-state index contributed by atoms with van der Waals surface area (Å²) in [5.41, 5.74) is 2.06. The van der Waals surface area contributed by atoms with Gasteiger partial charge >= 0.3 is 0 Å². The van der Waals surface area contributed by atoms with Gasteiger partial charge in [0.15, 0.2) is 0 Å². The first-order valence-electron chi connectivity index (χ1n) is 8.37. The predicted octanol–water partition coefficient (Wildman–Crippen LogP) is 3.18. The van der Waals surface area contributed by atoms with Gasteiger partial charge in [0.05, 0.1) is 4.90 Å². The molecule has 0 aromatic heterocycles. The van der Waals surface area contributed by atoms with Crippen LogP contribution in [0.2, 0.25) is 0 Å². The molecule has 2 aromatic carbocycles. The highest BCUT2D eigenvalue weighted by Gasteiger charge is 2.25. The standard InChI is InChI=1S/C19H23NO3S/c21-14-15-6-10-18(11-7-15)20-24(22,23)19-12-8-17(9-13-19)16-4-2-1-3-5-16/h1-5,8-9,12-13,15,18,20-21H,6-7,10-11,14H2. The fourth-order valence-electron chi connectivity index (χ4n) is 3.21. The van der Waals surface area contributed by atoms with Crippen molar-refractivity contribution in [1.82, 2.24) is 4.72 Å². The minimum Gasteiger partial charge on any atom is -0.396 e. The predicted molar refractivity (Wildman–Crippen MR) is 95.0 cm³/mol. The van der Waals surface area contributed by atoms with Crippen LogP contribution in [0.4, 0.5) is 0 Å². The Morgan fingerprint density at radius 1 is 0.875 bits per heavy atom. The Morgan fingerprint density at radius 3 is 2.04 bits per heavy atom. The fourth-order valence-corrected chi connectivity index (χ4v) is 4.51. The molecule has 24 heavy (non-hydrogen) atoms. The zero-order chi connectivity index (χ0) is 17.0. The Hall–Kier alpha value is -1.69. The van der Waals surface area contributed by atoms with Crippen molar-refractivity contribution in [3.05, 3.63) is 54.6 Å². The van der Waals surface area contributed by atoms with Crippen LogP contribution < -0.4 is 4.72 Å². The van der Waals surface area contributed by atoms with Crippen molar-refractivity contribution in [3.63, 3.8) is 0 Å². The second-order valence-electron chi connectivity index (χ2n) is 6.41. The number of rotatable bonds is 5. The topological polar surface area (TPSA) is 66.4 Å². The summed E-state index contributed by atoms with van der Waals surface area (Å²) in [5, 5.41) is 9.17. The van der Waals surface area contributed by atoms with Crippen molar-refractivity contribution in [2.75, 3.05) is 6.61 Å². The molecule has 1 aliphatic carbocycles. The van der Waals surface area contributed by atoms with Crippen LogP contribution in [-0.4, -0.2) is 26.2 Å². The molecule has 0 radical (unpaired) electrons. The monoisotopic (exact) mass is 345 g/mol. The second-order valence-corrected chi connectivity index (χ2v) is 8.13. The average Bonchev–Trinajstić information content (AvgIpc) is 2.63. The van der Waals surface area contributed by atoms with E-state index in [4.69, 9.17) is 5.11 Å². The summed E-state index contributed by atoms with van der Waals surface area (Å²) in [5.74, 6) is 0.316. The summed E-state index contributed by atoms with van der Waals surface area (Å²) in [6.07, 6.45) is 3.31. The molecule has 0 spiro atoms. The first kappa shape index (κ1) is 17.1. The van der Waals surface area contributed by atoms with E-state index in [1.165, 1.54) is 0 Å². The van der Waals surface area contributed by atoms with Crippen molar-refractivity contribution in [2.45, 2.75) is 36.6 Å². The maximum absolute atomic E-state index is 12.5. The van der Waals surface area contributed by atoms with Crippen LogP contribution in [0.25, 0.3) is 11.1 Å². The van der Waals surface area contributed by atoms with Crippen molar-refractivity contribution in [3.8, 4) is 11.1 Å². The Morgan fingerprint density at radius 2 is 1.46 bits per heavy atom. The van der Waals surface area contributed by atoms with Crippen LogP contribution in [0.5, 0.6) is 0 Å². The summed E-state index contributed by atoms with van der Waals surface area (Å²) < 4.78 is 27.9. The van der Waals surface area contributed by atoms with E-state index in [1.54, 1.807) is 12.1 Å². The van der Waals surface area contributed by atoms with Crippen molar-refractivity contribution < 1.29 is 13.5 Å². The zero-order valence-electron chi connectivity index (χ0n) is 13.6. The van der Waals surface area contributed by atoms with Gasteiger partial charge in [-0.25, -0.2) is 13.1 Å². The molecule has 0 atom stereocenters. The van der Waals surface area contributed by atoms with Gasteiger partial charge in [0.2, 0.25) is 10.0 Å². The van der Waals surface area contributed by atoms with E-state index in [2.05, 4.69) is 4.72 Å². The maximum atomic E-state index is 12.5. The number of hydrogen-bond donors (Lipinski definition) is 2. The first-order chi connectivity index (χ1) is 11.6. The van der Waals surface area contributed by atoms with Gasteiger partial charge in [0.25, 0.3) is 0 Å². The summed E-state index contributed by atoms with van der Waals surface area (Å²) in [4.78, 5) is 0.298. The van der Waals surface area contributed by atoms with E-state index in [-0.39, 0.29) is 12.6 Å². The molecule has 1 saturated carbocycles. The van der Waals surface area contributed by atoms with Gasteiger partial charge in [-0.05, 0) is 54.9 Å². The molecule has 5 heteroatoms. The molecular weight excluding hydrogens is 322 g/mol. The summed E-state index contributed by atoms with van der Waals surface area (Å²) >= 11 is 0. The lowest BCUT2D eigenvalue weighted by atomic mass is 9.87. The normalized spacial score (nSPS) is 21.5. The van der Waals surface area contributed by atoms with Crippen LogP contribution in [0.3, 0.4) is 0 Å². The van der Waals surface area contributed by atoms with Gasteiger partial charge < -0.3 is 5.11 Å². The van der Waals surface area contributed by atoms with Gasteiger partial charge in [-0.3, -0.25) is 0 Å². The smallest absolute Gasteiger partial charge is 0.240 e. The SMILES string of the molecule is O=S(=O)(NC1CCC(CO)CC1)c1ccc(-c2ccccc2)cc1. The summed E-state index contributed by atoms with van der Waals surface area (Å²) in [7, 11) is -3.50. The van der Waals surface area contributed by atoms with Crippen molar-refractivity contribution in [1.29, 1.82) is 0 Å². The third kappa shape index (κ3) is 4.04. The molecule has 0 aliphatic heterocycles. The fraction of sp³-hybridized carbons (Fsp3) is 0.368. The Labute approximate surface area is 143 Å². The molecule has 0 saturated heterocycles. The molecule has 3 rings (SSSR count). The van der Waals surface area contributed by atoms with Crippen LogP contribution in [0.1, 0.15) is 25.7 Å². The summed E-state index contributed by atoms with van der Waals surface area (Å²) in [6.45, 7) is 0.195. The van der Waals surface area contributed by atoms with Crippen LogP contribution in [0, 0.1) is 5.92 Å². The second kappa shape index (κ2) is 7.47. The average molecular weight is 345 g/mol.